The van der Waals surface area contributed by atoms with E-state index < -0.39 is 0 Å². The average molecular weight is 345 g/mol. The van der Waals surface area contributed by atoms with Crippen LogP contribution in [0.15, 0.2) is 23.0 Å². The van der Waals surface area contributed by atoms with Gasteiger partial charge in [-0.2, -0.15) is 0 Å². The van der Waals surface area contributed by atoms with Gasteiger partial charge in [-0.05, 0) is 44.7 Å². The number of rotatable bonds is 8. The van der Waals surface area contributed by atoms with E-state index in [9.17, 15) is 4.79 Å². The molecule has 1 aromatic carbocycles. The Balaban J connectivity index is 1.63. The van der Waals surface area contributed by atoms with Crippen LogP contribution in [0.4, 0.5) is 0 Å². The average Bonchev–Trinajstić information content (AvgIpc) is 2.63. The normalized spacial score (nSPS) is 13.6. The predicted octanol–water partition coefficient (Wildman–Crippen LogP) is 2.12. The van der Waals surface area contributed by atoms with Crippen LogP contribution in [0, 0.1) is 0 Å². The molecule has 25 heavy (non-hydrogen) atoms. The molecule has 1 aliphatic rings. The smallest absolute Gasteiger partial charge is 0.252 e. The summed E-state index contributed by atoms with van der Waals surface area (Å²) in [7, 11) is 0. The lowest BCUT2D eigenvalue weighted by molar-refractivity contribution is 0.172. The predicted molar refractivity (Wildman–Crippen MR) is 99.7 cm³/mol. The summed E-state index contributed by atoms with van der Waals surface area (Å²) in [6, 6.07) is 5.71. The summed E-state index contributed by atoms with van der Waals surface area (Å²) in [4.78, 5) is 17.6. The monoisotopic (exact) mass is 345 g/mol. The van der Waals surface area contributed by atoms with Gasteiger partial charge in [-0.25, -0.2) is 0 Å². The van der Waals surface area contributed by atoms with Gasteiger partial charge in [0.25, 0.3) is 5.56 Å². The van der Waals surface area contributed by atoms with Gasteiger partial charge in [-0.1, -0.05) is 13.8 Å². The molecule has 2 N–H and O–H groups in total. The second-order valence-corrected chi connectivity index (χ2v) is 6.26. The highest BCUT2D eigenvalue weighted by atomic mass is 16.6. The number of hydrogen-bond donors (Lipinski definition) is 2. The number of ether oxygens (including phenoxy) is 2. The molecule has 0 saturated heterocycles. The van der Waals surface area contributed by atoms with Crippen molar-refractivity contribution in [2.45, 2.75) is 26.8 Å². The van der Waals surface area contributed by atoms with E-state index >= 15 is 0 Å². The molecule has 136 valence electrons. The highest BCUT2D eigenvalue weighted by Gasteiger charge is 2.14. The highest BCUT2D eigenvalue weighted by Crippen LogP contribution is 2.33. The van der Waals surface area contributed by atoms with Gasteiger partial charge in [0.05, 0.1) is 5.52 Å². The molecule has 2 aromatic rings. The van der Waals surface area contributed by atoms with Gasteiger partial charge in [0.1, 0.15) is 13.2 Å². The van der Waals surface area contributed by atoms with Crippen molar-refractivity contribution in [1.29, 1.82) is 0 Å². The van der Waals surface area contributed by atoms with Crippen molar-refractivity contribution in [3.05, 3.63) is 34.1 Å². The zero-order chi connectivity index (χ0) is 17.6. The van der Waals surface area contributed by atoms with Crippen LogP contribution in [-0.2, 0) is 6.54 Å². The molecule has 0 atom stereocenters. The minimum absolute atomic E-state index is 0.0552. The molecule has 0 fully saturated rings. The molecule has 0 saturated carbocycles. The Morgan fingerprint density at radius 3 is 2.56 bits per heavy atom. The van der Waals surface area contributed by atoms with Crippen LogP contribution in [0.25, 0.3) is 10.9 Å². The molecule has 0 aliphatic carbocycles. The zero-order valence-corrected chi connectivity index (χ0v) is 15.1. The van der Waals surface area contributed by atoms with Crippen molar-refractivity contribution >= 4 is 10.9 Å². The molecular formula is C19H27N3O3. The quantitative estimate of drug-likeness (QED) is 0.718. The number of aromatic nitrogens is 1. The van der Waals surface area contributed by atoms with E-state index in [-0.39, 0.29) is 5.56 Å². The molecule has 0 bridgehead atoms. The third kappa shape index (κ3) is 4.32. The van der Waals surface area contributed by atoms with Crippen LogP contribution in [0.5, 0.6) is 11.5 Å². The molecule has 2 heterocycles. The Hall–Kier alpha value is -2.05. The zero-order valence-electron chi connectivity index (χ0n) is 15.1. The first kappa shape index (κ1) is 17.8. The molecule has 0 unspecified atom stereocenters. The SMILES string of the molecule is CCN(CC)CCCNCc1cc2cc3c(cc2[nH]c1=O)OCCO3. The fourth-order valence-corrected chi connectivity index (χ4v) is 3.11. The number of pyridine rings is 1. The fraction of sp³-hybridized carbons (Fsp3) is 0.526. The molecule has 6 heteroatoms. The second kappa shape index (κ2) is 8.36. The van der Waals surface area contributed by atoms with E-state index in [2.05, 4.69) is 29.0 Å². The lowest BCUT2D eigenvalue weighted by atomic mass is 10.1. The van der Waals surface area contributed by atoms with Gasteiger partial charge in [0.2, 0.25) is 0 Å². The summed E-state index contributed by atoms with van der Waals surface area (Å²) in [5, 5.41) is 4.33. The molecule has 0 radical (unpaired) electrons. The third-order valence-electron chi connectivity index (χ3n) is 4.62. The lowest BCUT2D eigenvalue weighted by Crippen LogP contribution is -2.28. The Labute approximate surface area is 148 Å². The van der Waals surface area contributed by atoms with E-state index in [0.717, 1.165) is 54.8 Å². The maximum atomic E-state index is 12.3. The highest BCUT2D eigenvalue weighted by molar-refractivity contribution is 5.83. The van der Waals surface area contributed by atoms with E-state index in [0.29, 0.717) is 25.5 Å². The maximum Gasteiger partial charge on any atom is 0.252 e. The van der Waals surface area contributed by atoms with E-state index in [1.807, 2.05) is 18.2 Å². The Kier molecular flexibility index (Phi) is 5.94. The number of aromatic amines is 1. The van der Waals surface area contributed by atoms with Crippen LogP contribution in [0.3, 0.4) is 0 Å². The molecule has 1 aromatic heterocycles. The topological polar surface area (TPSA) is 66.6 Å². The molecule has 1 aliphatic heterocycles. The van der Waals surface area contributed by atoms with Crippen molar-refractivity contribution in [3.8, 4) is 11.5 Å². The number of nitrogens with zero attached hydrogens (tertiary/aromatic N) is 1. The summed E-state index contributed by atoms with van der Waals surface area (Å²) >= 11 is 0. The van der Waals surface area contributed by atoms with Gasteiger partial charge < -0.3 is 24.7 Å². The van der Waals surface area contributed by atoms with Crippen LogP contribution >= 0.6 is 0 Å². The minimum Gasteiger partial charge on any atom is -0.486 e. The van der Waals surface area contributed by atoms with Gasteiger partial charge in [-0.15, -0.1) is 0 Å². The van der Waals surface area contributed by atoms with Gasteiger partial charge >= 0.3 is 0 Å². The van der Waals surface area contributed by atoms with Crippen molar-refractivity contribution in [1.82, 2.24) is 15.2 Å². The summed E-state index contributed by atoms with van der Waals surface area (Å²) in [5.74, 6) is 1.43. The van der Waals surface area contributed by atoms with Gasteiger partial charge in [-0.3, -0.25) is 4.79 Å². The number of nitrogens with one attached hydrogen (secondary N) is 2. The minimum atomic E-state index is -0.0552. The molecule has 0 spiro atoms. The first-order valence-electron chi connectivity index (χ1n) is 9.10. The Morgan fingerprint density at radius 1 is 1.12 bits per heavy atom. The number of H-pyrrole nitrogens is 1. The summed E-state index contributed by atoms with van der Waals surface area (Å²) in [6.45, 7) is 10.2. The van der Waals surface area contributed by atoms with Crippen LogP contribution in [0.1, 0.15) is 25.8 Å². The van der Waals surface area contributed by atoms with E-state index in [4.69, 9.17) is 9.47 Å². The molecule has 6 nitrogen and oxygen atoms in total. The van der Waals surface area contributed by atoms with Crippen molar-refractivity contribution < 1.29 is 9.47 Å². The largest absolute Gasteiger partial charge is 0.486 e. The third-order valence-corrected chi connectivity index (χ3v) is 4.62. The summed E-state index contributed by atoms with van der Waals surface area (Å²) in [5.41, 5.74) is 1.46. The van der Waals surface area contributed by atoms with Gasteiger partial charge in [0.15, 0.2) is 11.5 Å². The first-order chi connectivity index (χ1) is 12.2. The lowest BCUT2D eigenvalue weighted by Gasteiger charge is -2.19. The Bertz CT molecular complexity index is 768. The van der Waals surface area contributed by atoms with E-state index in [1.54, 1.807) is 0 Å². The number of fused-ring (bicyclic) bond motifs is 2. The second-order valence-electron chi connectivity index (χ2n) is 6.26. The van der Waals surface area contributed by atoms with E-state index in [1.165, 1.54) is 0 Å². The summed E-state index contributed by atoms with van der Waals surface area (Å²) in [6.07, 6.45) is 1.08. The van der Waals surface area contributed by atoms with Gasteiger partial charge in [0, 0.05) is 23.6 Å². The summed E-state index contributed by atoms with van der Waals surface area (Å²) < 4.78 is 11.2. The maximum absolute atomic E-state index is 12.3. The van der Waals surface area contributed by atoms with Crippen LogP contribution < -0.4 is 20.3 Å². The Morgan fingerprint density at radius 2 is 1.84 bits per heavy atom. The van der Waals surface area contributed by atoms with Crippen molar-refractivity contribution in [2.24, 2.45) is 0 Å². The van der Waals surface area contributed by atoms with Crippen molar-refractivity contribution in [3.63, 3.8) is 0 Å². The van der Waals surface area contributed by atoms with Crippen molar-refractivity contribution in [2.75, 3.05) is 39.4 Å². The molecule has 0 amide bonds. The number of hydrogen-bond acceptors (Lipinski definition) is 5. The van der Waals surface area contributed by atoms with Crippen LogP contribution in [-0.4, -0.2) is 49.3 Å². The molecule has 3 rings (SSSR count). The standard InChI is InChI=1S/C19H27N3O3/c1-3-22(4-2)7-5-6-20-13-15-10-14-11-17-18(25-9-8-24-17)12-16(14)21-19(15)23/h10-12,20H,3-9,13H2,1-2H3,(H,21,23). The van der Waals surface area contributed by atoms with Crippen LogP contribution in [0.2, 0.25) is 0 Å². The first-order valence-corrected chi connectivity index (χ1v) is 9.10. The number of benzene rings is 1. The molecular weight excluding hydrogens is 318 g/mol. The fourth-order valence-electron chi connectivity index (χ4n) is 3.11.